The van der Waals surface area contributed by atoms with E-state index >= 15 is 0 Å². The van der Waals surface area contributed by atoms with Gasteiger partial charge < -0.3 is 14.6 Å². The highest BCUT2D eigenvalue weighted by molar-refractivity contribution is 5.25. The maximum absolute atomic E-state index is 9.36. The molecule has 1 aromatic heterocycles. The largest absolute Gasteiger partial charge is 0.490 e. The van der Waals surface area contributed by atoms with Crippen molar-refractivity contribution in [3.05, 3.63) is 48.0 Å². The Bertz CT molecular complexity index is 559. The van der Waals surface area contributed by atoms with E-state index in [1.165, 1.54) is 0 Å². The monoisotopic (exact) mass is 288 g/mol. The average Bonchev–Trinajstić information content (AvgIpc) is 2.52. The second kappa shape index (κ2) is 7.59. The van der Waals surface area contributed by atoms with E-state index in [1.807, 2.05) is 44.2 Å². The fourth-order valence-corrected chi connectivity index (χ4v) is 1.76. The van der Waals surface area contributed by atoms with Crippen LogP contribution in [0.25, 0.3) is 0 Å². The zero-order chi connectivity index (χ0) is 15.1. The highest BCUT2D eigenvalue weighted by atomic mass is 16.5. The number of benzene rings is 1. The topological polar surface area (TPSA) is 64.5 Å². The minimum Gasteiger partial charge on any atom is -0.490 e. The van der Waals surface area contributed by atoms with Crippen LogP contribution >= 0.6 is 0 Å². The van der Waals surface area contributed by atoms with Gasteiger partial charge in [0.1, 0.15) is 30.5 Å². The Hall–Kier alpha value is -2.14. The van der Waals surface area contributed by atoms with E-state index in [2.05, 4.69) is 9.97 Å². The highest BCUT2D eigenvalue weighted by Gasteiger charge is 2.10. The van der Waals surface area contributed by atoms with Gasteiger partial charge in [0.15, 0.2) is 5.75 Å². The molecule has 0 aliphatic rings. The number of para-hydroxylation sites is 1. The molecule has 2 aromatic rings. The van der Waals surface area contributed by atoms with Crippen LogP contribution < -0.4 is 9.47 Å². The molecule has 1 N–H and O–H groups in total. The van der Waals surface area contributed by atoms with Gasteiger partial charge in [-0.2, -0.15) is 0 Å². The number of hydrogen-bond acceptors (Lipinski definition) is 5. The van der Waals surface area contributed by atoms with E-state index in [9.17, 15) is 5.11 Å². The molecular formula is C16H20N2O3. The second-order valence-electron chi connectivity index (χ2n) is 4.86. The van der Waals surface area contributed by atoms with Crippen LogP contribution in [0.5, 0.6) is 11.5 Å². The van der Waals surface area contributed by atoms with E-state index in [-0.39, 0.29) is 12.5 Å². The van der Waals surface area contributed by atoms with E-state index < -0.39 is 0 Å². The standard InChI is InChI=1S/C16H20N2O3/c1-12(2)16-17-10-15(14(11-19)18-16)21-9-8-20-13-6-4-3-5-7-13/h3-7,10,12,19H,8-9,11H2,1-2H3. The van der Waals surface area contributed by atoms with Crippen molar-refractivity contribution in [3.63, 3.8) is 0 Å². The third-order valence-corrected chi connectivity index (χ3v) is 2.87. The smallest absolute Gasteiger partial charge is 0.161 e. The van der Waals surface area contributed by atoms with Gasteiger partial charge in [-0.25, -0.2) is 9.97 Å². The molecular weight excluding hydrogens is 268 g/mol. The van der Waals surface area contributed by atoms with Crippen molar-refractivity contribution >= 4 is 0 Å². The van der Waals surface area contributed by atoms with Crippen LogP contribution in [0.3, 0.4) is 0 Å². The summed E-state index contributed by atoms with van der Waals surface area (Å²) in [5.41, 5.74) is 0.508. The Kier molecular flexibility index (Phi) is 5.51. The van der Waals surface area contributed by atoms with E-state index in [1.54, 1.807) is 6.20 Å². The third kappa shape index (κ3) is 4.43. The maximum atomic E-state index is 9.36. The summed E-state index contributed by atoms with van der Waals surface area (Å²) in [7, 11) is 0. The van der Waals surface area contributed by atoms with Crippen molar-refractivity contribution in [1.82, 2.24) is 9.97 Å². The van der Waals surface area contributed by atoms with Crippen LogP contribution in [-0.4, -0.2) is 28.3 Å². The minimum absolute atomic E-state index is 0.170. The van der Waals surface area contributed by atoms with Gasteiger partial charge in [-0.05, 0) is 12.1 Å². The van der Waals surface area contributed by atoms with Crippen LogP contribution in [0.2, 0.25) is 0 Å². The molecule has 0 aliphatic carbocycles. The molecule has 112 valence electrons. The predicted molar refractivity (Wildman–Crippen MR) is 79.5 cm³/mol. The Morgan fingerprint density at radius 3 is 2.48 bits per heavy atom. The fourth-order valence-electron chi connectivity index (χ4n) is 1.76. The second-order valence-corrected chi connectivity index (χ2v) is 4.86. The maximum Gasteiger partial charge on any atom is 0.161 e. The first-order valence-corrected chi connectivity index (χ1v) is 6.98. The van der Waals surface area contributed by atoms with Crippen molar-refractivity contribution in [2.45, 2.75) is 26.4 Å². The molecule has 1 heterocycles. The number of aliphatic hydroxyl groups is 1. The summed E-state index contributed by atoms with van der Waals surface area (Å²) in [4.78, 5) is 8.54. The van der Waals surface area contributed by atoms with Crippen molar-refractivity contribution in [2.75, 3.05) is 13.2 Å². The Labute approximate surface area is 124 Å². The summed E-state index contributed by atoms with van der Waals surface area (Å²) < 4.78 is 11.1. The lowest BCUT2D eigenvalue weighted by molar-refractivity contribution is 0.207. The van der Waals surface area contributed by atoms with Gasteiger partial charge in [-0.1, -0.05) is 32.0 Å². The van der Waals surface area contributed by atoms with E-state index in [0.717, 1.165) is 5.75 Å². The van der Waals surface area contributed by atoms with E-state index in [4.69, 9.17) is 9.47 Å². The lowest BCUT2D eigenvalue weighted by Gasteiger charge is -2.12. The number of aliphatic hydroxyl groups excluding tert-OH is 1. The van der Waals surface area contributed by atoms with Crippen molar-refractivity contribution in [3.8, 4) is 11.5 Å². The van der Waals surface area contributed by atoms with Crippen molar-refractivity contribution in [1.29, 1.82) is 0 Å². The van der Waals surface area contributed by atoms with E-state index in [0.29, 0.717) is 30.5 Å². The summed E-state index contributed by atoms with van der Waals surface area (Å²) >= 11 is 0. The van der Waals surface area contributed by atoms with Gasteiger partial charge >= 0.3 is 0 Å². The zero-order valence-electron chi connectivity index (χ0n) is 12.3. The van der Waals surface area contributed by atoms with Gasteiger partial charge in [0.05, 0.1) is 12.8 Å². The highest BCUT2D eigenvalue weighted by Crippen LogP contribution is 2.18. The number of nitrogens with zero attached hydrogens (tertiary/aromatic N) is 2. The van der Waals surface area contributed by atoms with Crippen molar-refractivity contribution < 1.29 is 14.6 Å². The Balaban J connectivity index is 1.88. The Morgan fingerprint density at radius 1 is 1.10 bits per heavy atom. The van der Waals surface area contributed by atoms with Crippen LogP contribution in [0.4, 0.5) is 0 Å². The van der Waals surface area contributed by atoms with Gasteiger partial charge in [0.25, 0.3) is 0 Å². The fraction of sp³-hybridized carbons (Fsp3) is 0.375. The molecule has 5 heteroatoms. The first-order chi connectivity index (χ1) is 10.2. The summed E-state index contributed by atoms with van der Waals surface area (Å²) in [6.45, 7) is 4.62. The molecule has 5 nitrogen and oxygen atoms in total. The van der Waals surface area contributed by atoms with Gasteiger partial charge in [0, 0.05) is 5.92 Å². The molecule has 0 spiro atoms. The van der Waals surface area contributed by atoms with Gasteiger partial charge in [0.2, 0.25) is 0 Å². The average molecular weight is 288 g/mol. The minimum atomic E-state index is -0.170. The number of ether oxygens (including phenoxy) is 2. The zero-order valence-corrected chi connectivity index (χ0v) is 12.3. The first-order valence-electron chi connectivity index (χ1n) is 6.98. The molecule has 0 radical (unpaired) electrons. The molecule has 0 unspecified atom stereocenters. The Morgan fingerprint density at radius 2 is 1.81 bits per heavy atom. The molecule has 2 rings (SSSR count). The number of hydrogen-bond donors (Lipinski definition) is 1. The molecule has 0 saturated carbocycles. The number of rotatable bonds is 7. The van der Waals surface area contributed by atoms with Gasteiger partial charge in [-0.15, -0.1) is 0 Å². The summed E-state index contributed by atoms with van der Waals surface area (Å²) in [6, 6.07) is 9.54. The molecule has 0 atom stereocenters. The molecule has 0 amide bonds. The molecule has 21 heavy (non-hydrogen) atoms. The predicted octanol–water partition coefficient (Wildman–Crippen LogP) is 2.55. The summed E-state index contributed by atoms with van der Waals surface area (Å²) in [5, 5.41) is 9.36. The summed E-state index contributed by atoms with van der Waals surface area (Å²) in [6.07, 6.45) is 1.61. The van der Waals surface area contributed by atoms with Gasteiger partial charge in [-0.3, -0.25) is 0 Å². The van der Waals surface area contributed by atoms with Crippen LogP contribution in [0, 0.1) is 0 Å². The third-order valence-electron chi connectivity index (χ3n) is 2.87. The molecule has 0 saturated heterocycles. The van der Waals surface area contributed by atoms with Crippen LogP contribution in [0.1, 0.15) is 31.3 Å². The molecule has 0 fully saturated rings. The quantitative estimate of drug-likeness (QED) is 0.793. The SMILES string of the molecule is CC(C)c1ncc(OCCOc2ccccc2)c(CO)n1. The molecule has 0 aliphatic heterocycles. The lowest BCUT2D eigenvalue weighted by Crippen LogP contribution is -2.12. The first kappa shape index (κ1) is 15.3. The normalized spacial score (nSPS) is 10.7. The van der Waals surface area contributed by atoms with Crippen molar-refractivity contribution in [2.24, 2.45) is 0 Å². The number of aromatic nitrogens is 2. The summed E-state index contributed by atoms with van der Waals surface area (Å²) in [5.74, 6) is 2.21. The van der Waals surface area contributed by atoms with Crippen LogP contribution in [-0.2, 0) is 6.61 Å². The van der Waals surface area contributed by atoms with Crippen LogP contribution in [0.15, 0.2) is 36.5 Å². The molecule has 0 bridgehead atoms. The lowest BCUT2D eigenvalue weighted by atomic mass is 10.2. The molecule has 1 aromatic carbocycles.